The molecule has 0 saturated heterocycles. The number of hydrogen-bond donors (Lipinski definition) is 1. The molecule has 2 rings (SSSR count). The van der Waals surface area contributed by atoms with Crippen LogP contribution in [0.4, 0.5) is 5.69 Å². The molecule has 0 aliphatic rings. The summed E-state index contributed by atoms with van der Waals surface area (Å²) in [4.78, 5) is 5.99. The van der Waals surface area contributed by atoms with Gasteiger partial charge in [-0.15, -0.1) is 0 Å². The highest BCUT2D eigenvalue weighted by atomic mass is 32.2. The Bertz CT molecular complexity index is 488. The van der Waals surface area contributed by atoms with E-state index in [-0.39, 0.29) is 0 Å². The minimum absolute atomic E-state index is 0.679. The Hall–Kier alpha value is -1.68. The van der Waals surface area contributed by atoms with Crippen LogP contribution in [0.5, 0.6) is 5.75 Å². The van der Waals surface area contributed by atoms with Crippen molar-refractivity contribution in [3.63, 3.8) is 0 Å². The molecule has 0 atom stereocenters. The topological polar surface area (TPSA) is 48.1 Å². The Morgan fingerprint density at radius 3 is 2.75 bits per heavy atom. The molecule has 82 valence electrons. The van der Waals surface area contributed by atoms with Crippen molar-refractivity contribution in [2.45, 2.75) is 9.79 Å². The molecule has 0 spiro atoms. The van der Waals surface area contributed by atoms with E-state index < -0.39 is 0 Å². The van der Waals surface area contributed by atoms with Gasteiger partial charge < -0.3 is 10.5 Å². The van der Waals surface area contributed by atoms with E-state index in [2.05, 4.69) is 4.98 Å². The van der Waals surface area contributed by atoms with Gasteiger partial charge in [0.1, 0.15) is 5.75 Å². The molecule has 0 amide bonds. The fourth-order valence-corrected chi connectivity index (χ4v) is 2.24. The third kappa shape index (κ3) is 2.28. The summed E-state index contributed by atoms with van der Waals surface area (Å²) < 4.78 is 5.28. The first-order chi connectivity index (χ1) is 7.81. The first kappa shape index (κ1) is 10.8. The zero-order valence-electron chi connectivity index (χ0n) is 8.88. The first-order valence-electron chi connectivity index (χ1n) is 4.81. The number of benzene rings is 1. The minimum atomic E-state index is 0.679. The number of nitrogens with zero attached hydrogens (tertiary/aromatic N) is 1. The molecule has 1 aromatic carbocycles. The lowest BCUT2D eigenvalue weighted by atomic mass is 10.3. The molecule has 16 heavy (non-hydrogen) atoms. The van der Waals surface area contributed by atoms with Crippen LogP contribution in [0.1, 0.15) is 0 Å². The van der Waals surface area contributed by atoms with Crippen LogP contribution in [0, 0.1) is 0 Å². The lowest BCUT2D eigenvalue weighted by molar-refractivity contribution is 0.405. The van der Waals surface area contributed by atoms with E-state index in [1.165, 1.54) is 0 Å². The lowest BCUT2D eigenvalue weighted by Crippen LogP contribution is -1.90. The van der Waals surface area contributed by atoms with E-state index in [1.54, 1.807) is 31.3 Å². The molecule has 0 radical (unpaired) electrons. The van der Waals surface area contributed by atoms with Crippen LogP contribution in [0.3, 0.4) is 0 Å². The molecule has 0 saturated carbocycles. The van der Waals surface area contributed by atoms with Crippen LogP contribution in [0.2, 0.25) is 0 Å². The second-order valence-electron chi connectivity index (χ2n) is 3.17. The summed E-state index contributed by atoms with van der Waals surface area (Å²) in [6.45, 7) is 0. The highest BCUT2D eigenvalue weighted by Gasteiger charge is 2.05. The number of nitrogens with two attached hydrogens (primary N) is 1. The Kier molecular flexibility index (Phi) is 3.31. The van der Waals surface area contributed by atoms with Crippen molar-refractivity contribution in [2.24, 2.45) is 0 Å². The third-order valence-electron chi connectivity index (χ3n) is 2.10. The smallest absolute Gasteiger partial charge is 0.132 e. The van der Waals surface area contributed by atoms with Gasteiger partial charge in [0.15, 0.2) is 0 Å². The molecule has 3 nitrogen and oxygen atoms in total. The summed E-state index contributed by atoms with van der Waals surface area (Å²) in [5.41, 5.74) is 6.51. The van der Waals surface area contributed by atoms with E-state index >= 15 is 0 Å². The van der Waals surface area contributed by atoms with Gasteiger partial charge in [0.05, 0.1) is 23.9 Å². The van der Waals surface area contributed by atoms with Crippen molar-refractivity contribution in [3.8, 4) is 5.75 Å². The maximum atomic E-state index is 5.84. The van der Waals surface area contributed by atoms with Crippen molar-refractivity contribution in [1.82, 2.24) is 4.98 Å². The van der Waals surface area contributed by atoms with E-state index in [1.807, 2.05) is 30.3 Å². The predicted molar refractivity (Wildman–Crippen MR) is 65.8 cm³/mol. The molecule has 2 aromatic rings. The van der Waals surface area contributed by atoms with Gasteiger partial charge in [-0.2, -0.15) is 0 Å². The number of pyridine rings is 1. The molecule has 0 fully saturated rings. The van der Waals surface area contributed by atoms with Gasteiger partial charge in [-0.05, 0) is 18.2 Å². The SMILES string of the molecule is COc1ccccc1Sc1ccncc1N. The first-order valence-corrected chi connectivity index (χ1v) is 5.63. The Balaban J connectivity index is 2.30. The number of aromatic nitrogens is 1. The van der Waals surface area contributed by atoms with Gasteiger partial charge in [-0.1, -0.05) is 23.9 Å². The summed E-state index contributed by atoms with van der Waals surface area (Å²) in [6, 6.07) is 9.75. The summed E-state index contributed by atoms with van der Waals surface area (Å²) in [5, 5.41) is 0. The van der Waals surface area contributed by atoms with Crippen molar-refractivity contribution >= 4 is 17.4 Å². The average molecular weight is 232 g/mol. The zero-order valence-corrected chi connectivity index (χ0v) is 9.70. The summed E-state index contributed by atoms with van der Waals surface area (Å²) in [5.74, 6) is 0.851. The quantitative estimate of drug-likeness (QED) is 0.884. The van der Waals surface area contributed by atoms with Crippen molar-refractivity contribution < 1.29 is 4.74 Å². The predicted octanol–water partition coefficient (Wildman–Crippen LogP) is 2.82. The Morgan fingerprint density at radius 2 is 2.00 bits per heavy atom. The Morgan fingerprint density at radius 1 is 1.19 bits per heavy atom. The molecule has 4 heteroatoms. The third-order valence-corrected chi connectivity index (χ3v) is 3.25. The standard InChI is InChI=1S/C12H12N2OS/c1-15-10-4-2-3-5-12(10)16-11-6-7-14-8-9(11)13/h2-8H,13H2,1H3. The largest absolute Gasteiger partial charge is 0.496 e. The van der Waals surface area contributed by atoms with Gasteiger partial charge in [-0.3, -0.25) is 4.98 Å². The van der Waals surface area contributed by atoms with Gasteiger partial charge in [0.25, 0.3) is 0 Å². The van der Waals surface area contributed by atoms with Crippen LogP contribution in [-0.4, -0.2) is 12.1 Å². The highest BCUT2D eigenvalue weighted by molar-refractivity contribution is 7.99. The fourth-order valence-electron chi connectivity index (χ4n) is 1.31. The van der Waals surface area contributed by atoms with E-state index in [0.717, 1.165) is 15.5 Å². The van der Waals surface area contributed by atoms with Gasteiger partial charge in [0.2, 0.25) is 0 Å². The molecule has 1 heterocycles. The summed E-state index contributed by atoms with van der Waals surface area (Å²) in [7, 11) is 1.66. The summed E-state index contributed by atoms with van der Waals surface area (Å²) >= 11 is 1.58. The van der Waals surface area contributed by atoms with Crippen molar-refractivity contribution in [1.29, 1.82) is 0 Å². The zero-order chi connectivity index (χ0) is 11.4. The molecule has 0 aliphatic carbocycles. The second-order valence-corrected chi connectivity index (χ2v) is 4.25. The second kappa shape index (κ2) is 4.90. The van der Waals surface area contributed by atoms with E-state index in [9.17, 15) is 0 Å². The van der Waals surface area contributed by atoms with Crippen LogP contribution < -0.4 is 10.5 Å². The van der Waals surface area contributed by atoms with Crippen LogP contribution >= 0.6 is 11.8 Å². The number of nitrogen functional groups attached to an aromatic ring is 1. The number of anilines is 1. The maximum absolute atomic E-state index is 5.84. The van der Waals surface area contributed by atoms with Crippen LogP contribution in [0.25, 0.3) is 0 Å². The Labute approximate surface area is 98.6 Å². The normalized spacial score (nSPS) is 10.1. The monoisotopic (exact) mass is 232 g/mol. The number of para-hydroxylation sites is 1. The maximum Gasteiger partial charge on any atom is 0.132 e. The van der Waals surface area contributed by atoms with Crippen LogP contribution in [0.15, 0.2) is 52.5 Å². The number of ether oxygens (including phenoxy) is 1. The molecule has 0 unspecified atom stereocenters. The molecule has 0 aliphatic heterocycles. The van der Waals surface area contributed by atoms with E-state index in [4.69, 9.17) is 10.5 Å². The molecule has 2 N–H and O–H groups in total. The molecular formula is C12H12N2OS. The van der Waals surface area contributed by atoms with Gasteiger partial charge in [0, 0.05) is 11.1 Å². The fraction of sp³-hybridized carbons (Fsp3) is 0.0833. The van der Waals surface area contributed by atoms with Crippen molar-refractivity contribution in [3.05, 3.63) is 42.7 Å². The van der Waals surface area contributed by atoms with Gasteiger partial charge >= 0.3 is 0 Å². The molecule has 0 bridgehead atoms. The van der Waals surface area contributed by atoms with Crippen LogP contribution in [-0.2, 0) is 0 Å². The molecule has 1 aromatic heterocycles. The van der Waals surface area contributed by atoms with E-state index in [0.29, 0.717) is 5.69 Å². The van der Waals surface area contributed by atoms with Crippen molar-refractivity contribution in [2.75, 3.05) is 12.8 Å². The number of methoxy groups -OCH3 is 1. The lowest BCUT2D eigenvalue weighted by Gasteiger charge is -2.08. The van der Waals surface area contributed by atoms with Gasteiger partial charge in [-0.25, -0.2) is 0 Å². The highest BCUT2D eigenvalue weighted by Crippen LogP contribution is 2.36. The molecular weight excluding hydrogens is 220 g/mol. The average Bonchev–Trinajstić information content (AvgIpc) is 2.33. The minimum Gasteiger partial charge on any atom is -0.496 e. The number of hydrogen-bond acceptors (Lipinski definition) is 4. The number of rotatable bonds is 3. The summed E-state index contributed by atoms with van der Waals surface area (Å²) in [6.07, 6.45) is 3.38.